The van der Waals surface area contributed by atoms with Gasteiger partial charge in [-0.15, -0.1) is 0 Å². The summed E-state index contributed by atoms with van der Waals surface area (Å²) in [5.74, 6) is 1.01. The zero-order chi connectivity index (χ0) is 17.4. The van der Waals surface area contributed by atoms with Crippen molar-refractivity contribution in [1.82, 2.24) is 9.80 Å². The van der Waals surface area contributed by atoms with Gasteiger partial charge in [-0.2, -0.15) is 0 Å². The number of piperazine rings is 1. The maximum Gasteiger partial charge on any atom is 0.138 e. The molecule has 2 aliphatic rings. The summed E-state index contributed by atoms with van der Waals surface area (Å²) in [6, 6.07) is 12.1. The highest BCUT2D eigenvalue weighted by Crippen LogP contribution is 2.39. The van der Waals surface area contributed by atoms with Crippen LogP contribution in [0.4, 0.5) is 17.1 Å². The van der Waals surface area contributed by atoms with E-state index in [1.54, 1.807) is 0 Å². The Hall–Kier alpha value is -1.56. The number of nitrogens with zero attached hydrogens (tertiary/aromatic N) is 3. The number of rotatable bonds is 1. The molecular formula is C19H20BrClN4. The van der Waals surface area contributed by atoms with E-state index in [4.69, 9.17) is 16.6 Å². The molecular weight excluding hydrogens is 400 g/mol. The van der Waals surface area contributed by atoms with Gasteiger partial charge in [-0.1, -0.05) is 24.6 Å². The summed E-state index contributed by atoms with van der Waals surface area (Å²) >= 11 is 9.90. The number of likely N-dealkylation sites (N-methyl/N-ethyl adjacent to an activating group) is 1. The fraction of sp³-hybridized carbons (Fsp3) is 0.316. The second-order valence-corrected chi connectivity index (χ2v) is 7.60. The number of anilines is 2. The second kappa shape index (κ2) is 6.98. The van der Waals surface area contributed by atoms with Crippen molar-refractivity contribution in [3.63, 3.8) is 0 Å². The summed E-state index contributed by atoms with van der Waals surface area (Å²) in [6.07, 6.45) is 0. The standard InChI is InChI=1S/C19H20BrClN4/c1-2-24-8-10-25(11-9-24)19-14-4-3-5-15(20)18(14)22-16-7-6-13(21)12-17(16)23-19/h3-7,12,22H,2,8-11H2,1H3. The van der Waals surface area contributed by atoms with Gasteiger partial charge in [0.1, 0.15) is 5.84 Å². The Morgan fingerprint density at radius 3 is 2.72 bits per heavy atom. The third kappa shape index (κ3) is 3.28. The highest BCUT2D eigenvalue weighted by Gasteiger charge is 2.25. The molecule has 4 rings (SSSR count). The van der Waals surface area contributed by atoms with Gasteiger partial charge in [-0.3, -0.25) is 0 Å². The molecule has 0 aliphatic carbocycles. The van der Waals surface area contributed by atoms with Crippen LogP contribution in [0.25, 0.3) is 0 Å². The molecule has 2 aromatic carbocycles. The number of aliphatic imine (C=N–C) groups is 1. The first-order chi connectivity index (χ1) is 12.2. The SMILES string of the molecule is CCN1CCN(C2=Nc3cc(Cl)ccc3Nc3c(Br)cccc32)CC1. The van der Waals surface area contributed by atoms with Gasteiger partial charge in [0.05, 0.1) is 17.1 Å². The van der Waals surface area contributed by atoms with Crippen molar-refractivity contribution in [1.29, 1.82) is 0 Å². The van der Waals surface area contributed by atoms with Crippen LogP contribution in [-0.2, 0) is 0 Å². The Morgan fingerprint density at radius 2 is 1.96 bits per heavy atom. The average Bonchev–Trinajstić information content (AvgIpc) is 2.79. The first-order valence-corrected chi connectivity index (χ1v) is 9.74. The minimum absolute atomic E-state index is 0.699. The maximum absolute atomic E-state index is 6.22. The Morgan fingerprint density at radius 1 is 1.16 bits per heavy atom. The number of hydrogen-bond donors (Lipinski definition) is 1. The van der Waals surface area contributed by atoms with E-state index in [9.17, 15) is 0 Å². The number of nitrogens with one attached hydrogen (secondary N) is 1. The summed E-state index contributed by atoms with van der Waals surface area (Å²) in [7, 11) is 0. The zero-order valence-electron chi connectivity index (χ0n) is 14.1. The van der Waals surface area contributed by atoms with Crippen LogP contribution in [0.15, 0.2) is 45.9 Å². The zero-order valence-corrected chi connectivity index (χ0v) is 16.4. The molecule has 1 N–H and O–H groups in total. The first-order valence-electron chi connectivity index (χ1n) is 8.57. The van der Waals surface area contributed by atoms with Crippen LogP contribution >= 0.6 is 27.5 Å². The highest BCUT2D eigenvalue weighted by atomic mass is 79.9. The van der Waals surface area contributed by atoms with Gasteiger partial charge in [-0.25, -0.2) is 4.99 Å². The van der Waals surface area contributed by atoms with E-state index in [-0.39, 0.29) is 0 Å². The van der Waals surface area contributed by atoms with Crippen molar-refractivity contribution < 1.29 is 0 Å². The van der Waals surface area contributed by atoms with E-state index in [2.05, 4.69) is 56.2 Å². The highest BCUT2D eigenvalue weighted by molar-refractivity contribution is 9.10. The Balaban J connectivity index is 1.81. The molecule has 1 fully saturated rings. The molecule has 0 radical (unpaired) electrons. The van der Waals surface area contributed by atoms with E-state index < -0.39 is 0 Å². The van der Waals surface area contributed by atoms with E-state index >= 15 is 0 Å². The normalized spacial score (nSPS) is 17.2. The molecule has 2 heterocycles. The fourth-order valence-electron chi connectivity index (χ4n) is 3.37. The van der Waals surface area contributed by atoms with Gasteiger partial charge in [0.15, 0.2) is 0 Å². The van der Waals surface area contributed by atoms with Crippen molar-refractivity contribution in [3.8, 4) is 0 Å². The van der Waals surface area contributed by atoms with E-state index in [0.717, 1.165) is 65.7 Å². The summed E-state index contributed by atoms with van der Waals surface area (Å²) in [6.45, 7) is 7.41. The molecule has 6 heteroatoms. The van der Waals surface area contributed by atoms with Gasteiger partial charge in [-0.05, 0) is 52.8 Å². The van der Waals surface area contributed by atoms with Crippen LogP contribution in [-0.4, -0.2) is 48.4 Å². The molecule has 2 aromatic rings. The van der Waals surface area contributed by atoms with Crippen LogP contribution in [0.2, 0.25) is 5.02 Å². The quantitative estimate of drug-likeness (QED) is 0.715. The van der Waals surface area contributed by atoms with Crippen molar-refractivity contribution in [2.24, 2.45) is 4.99 Å². The maximum atomic E-state index is 6.22. The third-order valence-electron chi connectivity index (χ3n) is 4.82. The van der Waals surface area contributed by atoms with E-state index in [1.165, 1.54) is 0 Å². The molecule has 0 amide bonds. The number of amidine groups is 1. The molecule has 0 spiro atoms. The fourth-order valence-corrected chi connectivity index (χ4v) is 4.00. The lowest BCUT2D eigenvalue weighted by Crippen LogP contribution is -2.48. The third-order valence-corrected chi connectivity index (χ3v) is 5.72. The second-order valence-electron chi connectivity index (χ2n) is 6.31. The van der Waals surface area contributed by atoms with Gasteiger partial charge < -0.3 is 15.1 Å². The van der Waals surface area contributed by atoms with Crippen LogP contribution in [0.1, 0.15) is 12.5 Å². The van der Waals surface area contributed by atoms with Crippen LogP contribution in [0, 0.1) is 0 Å². The van der Waals surface area contributed by atoms with Crippen LogP contribution in [0.5, 0.6) is 0 Å². The van der Waals surface area contributed by atoms with Crippen molar-refractivity contribution in [2.75, 3.05) is 38.0 Å². The van der Waals surface area contributed by atoms with Gasteiger partial charge >= 0.3 is 0 Å². The number of para-hydroxylation sites is 1. The van der Waals surface area contributed by atoms with E-state index in [1.807, 2.05) is 18.2 Å². The predicted octanol–water partition coefficient (Wildman–Crippen LogP) is 4.88. The largest absolute Gasteiger partial charge is 0.353 e. The Bertz CT molecular complexity index is 828. The van der Waals surface area contributed by atoms with Gasteiger partial charge in [0.2, 0.25) is 0 Å². The number of benzene rings is 2. The summed E-state index contributed by atoms with van der Waals surface area (Å²) in [5.41, 5.74) is 4.02. The number of fused-ring (bicyclic) bond motifs is 2. The predicted molar refractivity (Wildman–Crippen MR) is 109 cm³/mol. The van der Waals surface area contributed by atoms with Crippen LogP contribution in [0.3, 0.4) is 0 Å². The summed E-state index contributed by atoms with van der Waals surface area (Å²) < 4.78 is 1.03. The van der Waals surface area contributed by atoms with Crippen LogP contribution < -0.4 is 5.32 Å². The number of halogens is 2. The van der Waals surface area contributed by atoms with Gasteiger partial charge in [0.25, 0.3) is 0 Å². The molecule has 130 valence electrons. The lowest BCUT2D eigenvalue weighted by Gasteiger charge is -2.36. The molecule has 0 bridgehead atoms. The Labute approximate surface area is 161 Å². The summed E-state index contributed by atoms with van der Waals surface area (Å²) in [4.78, 5) is 9.87. The van der Waals surface area contributed by atoms with Crippen molar-refractivity contribution in [3.05, 3.63) is 51.5 Å². The first kappa shape index (κ1) is 16.9. The molecule has 0 saturated carbocycles. The lowest BCUT2D eigenvalue weighted by molar-refractivity contribution is 0.190. The monoisotopic (exact) mass is 418 g/mol. The Kier molecular flexibility index (Phi) is 4.71. The number of hydrogen-bond acceptors (Lipinski definition) is 4. The van der Waals surface area contributed by atoms with Crippen molar-refractivity contribution in [2.45, 2.75) is 6.92 Å². The summed E-state index contributed by atoms with van der Waals surface area (Å²) in [5, 5.41) is 4.23. The van der Waals surface area contributed by atoms with Gasteiger partial charge in [0, 0.05) is 41.2 Å². The molecule has 2 aliphatic heterocycles. The molecule has 0 unspecified atom stereocenters. The average molecular weight is 420 g/mol. The smallest absolute Gasteiger partial charge is 0.138 e. The van der Waals surface area contributed by atoms with E-state index in [0.29, 0.717) is 5.02 Å². The minimum Gasteiger partial charge on any atom is -0.353 e. The minimum atomic E-state index is 0.699. The topological polar surface area (TPSA) is 30.9 Å². The van der Waals surface area contributed by atoms with Crippen molar-refractivity contribution >= 4 is 50.4 Å². The molecule has 4 nitrogen and oxygen atoms in total. The molecule has 0 aromatic heterocycles. The molecule has 0 atom stereocenters. The molecule has 25 heavy (non-hydrogen) atoms. The lowest BCUT2D eigenvalue weighted by atomic mass is 10.1. The molecule has 1 saturated heterocycles.